The zero-order valence-corrected chi connectivity index (χ0v) is 18.0. The SMILES string of the molecule is CC(=O)c1ccc(N2C(=O)[C@H]3C(c4ccc([N+](=O)[O-])cc4)=NN(c4ccccc4)[C@@H]3C2=O)cc1. The van der Waals surface area contributed by atoms with Crippen molar-refractivity contribution in [2.24, 2.45) is 11.0 Å². The number of anilines is 2. The fourth-order valence-electron chi connectivity index (χ4n) is 4.30. The number of nitro benzene ring substituents is 1. The first-order valence-electron chi connectivity index (χ1n) is 10.5. The van der Waals surface area contributed by atoms with Crippen molar-refractivity contribution in [3.05, 3.63) is 100 Å². The van der Waals surface area contributed by atoms with Crippen molar-refractivity contribution >= 4 is 40.4 Å². The summed E-state index contributed by atoms with van der Waals surface area (Å²) in [6, 6.07) is 20.2. The van der Waals surface area contributed by atoms with Crippen molar-refractivity contribution in [2.75, 3.05) is 9.91 Å². The summed E-state index contributed by atoms with van der Waals surface area (Å²) >= 11 is 0. The van der Waals surface area contributed by atoms with Gasteiger partial charge in [-0.1, -0.05) is 18.2 Å². The second-order valence-electron chi connectivity index (χ2n) is 8.01. The summed E-state index contributed by atoms with van der Waals surface area (Å²) in [7, 11) is 0. The lowest BCUT2D eigenvalue weighted by Gasteiger charge is -2.22. The summed E-state index contributed by atoms with van der Waals surface area (Å²) in [5.74, 6) is -1.89. The van der Waals surface area contributed by atoms with Crippen molar-refractivity contribution in [2.45, 2.75) is 13.0 Å². The smallest absolute Gasteiger partial charge is 0.269 e. The number of imide groups is 1. The van der Waals surface area contributed by atoms with Crippen LogP contribution in [0, 0.1) is 16.0 Å². The van der Waals surface area contributed by atoms with Gasteiger partial charge in [-0.25, -0.2) is 4.90 Å². The van der Waals surface area contributed by atoms with Gasteiger partial charge in [-0.15, -0.1) is 0 Å². The minimum absolute atomic E-state index is 0.0835. The Morgan fingerprint density at radius 1 is 0.882 bits per heavy atom. The molecule has 0 bridgehead atoms. The van der Waals surface area contributed by atoms with E-state index in [0.717, 1.165) is 4.90 Å². The standard InChI is InChI=1S/C25H18N4O5/c1-15(30)16-7-11-18(12-8-16)27-24(31)21-22(17-9-13-20(14-10-17)29(33)34)26-28(23(21)25(27)32)19-5-3-2-4-6-19/h2-14,21,23H,1H3/t21-,23-/m0/s1. The lowest BCUT2D eigenvalue weighted by atomic mass is 9.92. The molecule has 34 heavy (non-hydrogen) atoms. The first kappa shape index (κ1) is 21.2. The van der Waals surface area contributed by atoms with Crippen LogP contribution in [0.4, 0.5) is 17.1 Å². The van der Waals surface area contributed by atoms with Gasteiger partial charge < -0.3 is 0 Å². The van der Waals surface area contributed by atoms with Gasteiger partial charge in [0.2, 0.25) is 5.91 Å². The van der Waals surface area contributed by atoms with E-state index < -0.39 is 28.7 Å². The van der Waals surface area contributed by atoms with Gasteiger partial charge in [0, 0.05) is 17.7 Å². The Morgan fingerprint density at radius 3 is 2.12 bits per heavy atom. The summed E-state index contributed by atoms with van der Waals surface area (Å²) in [6.45, 7) is 1.44. The second kappa shape index (κ2) is 8.04. The van der Waals surface area contributed by atoms with E-state index in [1.807, 2.05) is 18.2 Å². The van der Waals surface area contributed by atoms with Gasteiger partial charge in [0.15, 0.2) is 5.78 Å². The van der Waals surface area contributed by atoms with Crippen molar-refractivity contribution in [1.29, 1.82) is 0 Å². The molecule has 0 N–H and O–H groups in total. The normalized spacial score (nSPS) is 19.3. The fraction of sp³-hybridized carbons (Fsp3) is 0.120. The zero-order valence-electron chi connectivity index (χ0n) is 18.0. The number of benzene rings is 3. The molecule has 0 aromatic heterocycles. The van der Waals surface area contributed by atoms with E-state index in [1.165, 1.54) is 36.2 Å². The predicted molar refractivity (Wildman–Crippen MR) is 125 cm³/mol. The van der Waals surface area contributed by atoms with Gasteiger partial charge in [0.1, 0.15) is 12.0 Å². The molecule has 2 amide bonds. The maximum absolute atomic E-state index is 13.6. The average Bonchev–Trinajstić information content (AvgIpc) is 3.36. The highest BCUT2D eigenvalue weighted by Crippen LogP contribution is 2.39. The summed E-state index contributed by atoms with van der Waals surface area (Å²) in [5, 5.41) is 17.2. The van der Waals surface area contributed by atoms with E-state index in [1.54, 1.807) is 36.4 Å². The topological polar surface area (TPSA) is 113 Å². The maximum Gasteiger partial charge on any atom is 0.269 e. The van der Waals surface area contributed by atoms with Crippen LogP contribution in [0.3, 0.4) is 0 Å². The molecular weight excluding hydrogens is 436 g/mol. The number of non-ortho nitro benzene ring substituents is 1. The predicted octanol–water partition coefficient (Wildman–Crippen LogP) is 3.58. The molecule has 9 nitrogen and oxygen atoms in total. The number of carbonyl (C=O) groups excluding carboxylic acids is 3. The third kappa shape index (κ3) is 3.34. The molecular formula is C25H18N4O5. The molecule has 2 aliphatic heterocycles. The summed E-state index contributed by atoms with van der Waals surface area (Å²) < 4.78 is 0. The number of rotatable bonds is 5. The van der Waals surface area contributed by atoms with Gasteiger partial charge in [-0.2, -0.15) is 5.10 Å². The number of nitrogens with zero attached hydrogens (tertiary/aromatic N) is 4. The molecule has 5 rings (SSSR count). The molecule has 1 fully saturated rings. The number of ketones is 1. The average molecular weight is 454 g/mol. The lowest BCUT2D eigenvalue weighted by molar-refractivity contribution is -0.384. The molecule has 3 aromatic rings. The molecule has 2 aliphatic rings. The number of nitro groups is 1. The number of para-hydroxylation sites is 1. The van der Waals surface area contributed by atoms with E-state index in [-0.39, 0.29) is 11.5 Å². The third-order valence-corrected chi connectivity index (χ3v) is 5.98. The van der Waals surface area contributed by atoms with Gasteiger partial charge in [-0.05, 0) is 61.0 Å². The Kier molecular flexibility index (Phi) is 5.01. The number of fused-ring (bicyclic) bond motifs is 1. The summed E-state index contributed by atoms with van der Waals surface area (Å²) in [5.41, 5.74) is 2.29. The molecule has 0 radical (unpaired) electrons. The number of hydrogen-bond donors (Lipinski definition) is 0. The minimum Gasteiger partial charge on any atom is -0.295 e. The van der Waals surface area contributed by atoms with Crippen molar-refractivity contribution in [3.63, 3.8) is 0 Å². The van der Waals surface area contributed by atoms with Crippen LogP contribution >= 0.6 is 0 Å². The Morgan fingerprint density at radius 2 is 1.53 bits per heavy atom. The van der Waals surface area contributed by atoms with Crippen LogP contribution < -0.4 is 9.91 Å². The third-order valence-electron chi connectivity index (χ3n) is 5.98. The van der Waals surface area contributed by atoms with Gasteiger partial charge >= 0.3 is 0 Å². The fourth-order valence-corrected chi connectivity index (χ4v) is 4.30. The molecule has 9 heteroatoms. The van der Waals surface area contributed by atoms with Gasteiger partial charge in [0.05, 0.1) is 22.0 Å². The Labute approximate surface area is 194 Å². The monoisotopic (exact) mass is 454 g/mol. The molecule has 1 saturated heterocycles. The van der Waals surface area contributed by atoms with E-state index in [4.69, 9.17) is 0 Å². The van der Waals surface area contributed by atoms with Crippen LogP contribution in [0.2, 0.25) is 0 Å². The maximum atomic E-state index is 13.6. The molecule has 0 aliphatic carbocycles. The lowest BCUT2D eigenvalue weighted by Crippen LogP contribution is -2.39. The number of carbonyl (C=O) groups is 3. The zero-order chi connectivity index (χ0) is 24.0. The number of amides is 2. The minimum atomic E-state index is -0.896. The van der Waals surface area contributed by atoms with Crippen LogP contribution in [-0.4, -0.2) is 34.3 Å². The molecule has 0 spiro atoms. The van der Waals surface area contributed by atoms with E-state index in [2.05, 4.69) is 5.10 Å². The molecule has 168 valence electrons. The van der Waals surface area contributed by atoms with Crippen molar-refractivity contribution in [3.8, 4) is 0 Å². The van der Waals surface area contributed by atoms with Crippen molar-refractivity contribution in [1.82, 2.24) is 0 Å². The molecule has 2 atom stereocenters. The van der Waals surface area contributed by atoms with E-state index in [9.17, 15) is 24.5 Å². The van der Waals surface area contributed by atoms with Gasteiger partial charge in [0.25, 0.3) is 11.6 Å². The van der Waals surface area contributed by atoms with Crippen molar-refractivity contribution < 1.29 is 19.3 Å². The second-order valence-corrected chi connectivity index (χ2v) is 8.01. The first-order chi connectivity index (χ1) is 16.4. The molecule has 2 heterocycles. The number of Topliss-reactive ketones (excluding diaryl/α,β-unsaturated/α-hetero) is 1. The molecule has 0 saturated carbocycles. The van der Waals surface area contributed by atoms with Crippen LogP contribution in [0.25, 0.3) is 0 Å². The number of hydrogen-bond acceptors (Lipinski definition) is 7. The van der Waals surface area contributed by atoms with Gasteiger partial charge in [-0.3, -0.25) is 29.5 Å². The highest BCUT2D eigenvalue weighted by atomic mass is 16.6. The van der Waals surface area contributed by atoms with Crippen LogP contribution in [0.15, 0.2) is 84.0 Å². The van der Waals surface area contributed by atoms with Crippen LogP contribution in [0.5, 0.6) is 0 Å². The summed E-state index contributed by atoms with van der Waals surface area (Å²) in [4.78, 5) is 50.4. The highest BCUT2D eigenvalue weighted by Gasteiger charge is 2.57. The first-order valence-corrected chi connectivity index (χ1v) is 10.5. The van der Waals surface area contributed by atoms with E-state index in [0.29, 0.717) is 28.2 Å². The summed E-state index contributed by atoms with van der Waals surface area (Å²) in [6.07, 6.45) is 0. The van der Waals surface area contributed by atoms with Crippen LogP contribution in [0.1, 0.15) is 22.8 Å². The quantitative estimate of drug-likeness (QED) is 0.252. The highest BCUT2D eigenvalue weighted by molar-refractivity contribution is 6.34. The Bertz CT molecular complexity index is 1350. The molecule has 0 unspecified atom stereocenters. The number of hydrazone groups is 1. The van der Waals surface area contributed by atoms with Crippen LogP contribution in [-0.2, 0) is 9.59 Å². The van der Waals surface area contributed by atoms with E-state index >= 15 is 0 Å². The Balaban J connectivity index is 1.58. The molecule has 3 aromatic carbocycles. The Hall–Kier alpha value is -4.66. The largest absolute Gasteiger partial charge is 0.295 e.